The van der Waals surface area contributed by atoms with Crippen molar-refractivity contribution in [1.82, 2.24) is 14.7 Å². The fourth-order valence-corrected chi connectivity index (χ4v) is 3.64. The van der Waals surface area contributed by atoms with Gasteiger partial charge in [-0.05, 0) is 30.4 Å². The highest BCUT2D eigenvalue weighted by atomic mass is 16.2. The summed E-state index contributed by atoms with van der Waals surface area (Å²) in [6.45, 7) is 6.04. The van der Waals surface area contributed by atoms with Crippen LogP contribution in [0.5, 0.6) is 0 Å². The summed E-state index contributed by atoms with van der Waals surface area (Å²) in [5.74, 6) is 1.04. The fourth-order valence-electron chi connectivity index (χ4n) is 3.64. The van der Waals surface area contributed by atoms with Gasteiger partial charge >= 0.3 is 0 Å². The number of fused-ring (bicyclic) bond motifs is 1. The molecular weight excluding hydrogens is 306 g/mol. The normalized spacial score (nSPS) is 21.2. The molecule has 1 aliphatic heterocycles. The number of aryl methyl sites for hydroxylation is 1. The van der Waals surface area contributed by atoms with Crippen molar-refractivity contribution in [3.8, 4) is 0 Å². The first-order chi connectivity index (χ1) is 11.5. The fraction of sp³-hybridized carbons (Fsp3) is 0.500. The van der Waals surface area contributed by atoms with E-state index in [0.717, 1.165) is 19.5 Å². The molecule has 2 aromatic rings. The van der Waals surface area contributed by atoms with E-state index >= 15 is 0 Å². The summed E-state index contributed by atoms with van der Waals surface area (Å²) < 4.78 is 1.25. The predicted octanol–water partition coefficient (Wildman–Crippen LogP) is 1.58. The van der Waals surface area contributed by atoms with Gasteiger partial charge in [0.25, 0.3) is 11.1 Å². The van der Waals surface area contributed by atoms with E-state index < -0.39 is 0 Å². The van der Waals surface area contributed by atoms with Gasteiger partial charge in [0.05, 0.1) is 17.3 Å². The van der Waals surface area contributed by atoms with Gasteiger partial charge in [0.15, 0.2) is 0 Å². The minimum atomic E-state index is -0.308. The zero-order valence-electron chi connectivity index (χ0n) is 14.1. The van der Waals surface area contributed by atoms with E-state index in [1.165, 1.54) is 4.68 Å². The lowest BCUT2D eigenvalue weighted by Crippen LogP contribution is -2.43. The Bertz CT molecular complexity index is 858. The minimum absolute atomic E-state index is 0.0364. The van der Waals surface area contributed by atoms with Crippen molar-refractivity contribution in [3.63, 3.8) is 0 Å². The second kappa shape index (κ2) is 6.63. The van der Waals surface area contributed by atoms with E-state index in [4.69, 9.17) is 0 Å². The van der Waals surface area contributed by atoms with Gasteiger partial charge in [-0.25, -0.2) is 4.68 Å². The molecule has 1 aromatic heterocycles. The Hall–Kier alpha value is -2.37. The summed E-state index contributed by atoms with van der Waals surface area (Å²) in [7, 11) is 0. The van der Waals surface area contributed by atoms with Gasteiger partial charge in [0, 0.05) is 19.5 Å². The Morgan fingerprint density at radius 1 is 1.12 bits per heavy atom. The molecule has 2 atom stereocenters. The van der Waals surface area contributed by atoms with Gasteiger partial charge in [-0.3, -0.25) is 19.5 Å². The third-order valence-corrected chi connectivity index (χ3v) is 4.65. The Balaban J connectivity index is 1.76. The van der Waals surface area contributed by atoms with Gasteiger partial charge in [0.2, 0.25) is 5.91 Å². The van der Waals surface area contributed by atoms with E-state index in [0.29, 0.717) is 22.6 Å². The highest BCUT2D eigenvalue weighted by molar-refractivity contribution is 5.80. The Morgan fingerprint density at radius 2 is 1.75 bits per heavy atom. The van der Waals surface area contributed by atoms with Crippen LogP contribution in [0.3, 0.4) is 0 Å². The average Bonchev–Trinajstić information content (AvgIpc) is 2.55. The molecule has 0 radical (unpaired) electrons. The lowest BCUT2D eigenvalue weighted by atomic mass is 9.92. The number of aromatic amines is 1. The first-order valence-electron chi connectivity index (χ1n) is 8.45. The number of hydrogen-bond donors (Lipinski definition) is 1. The lowest BCUT2D eigenvalue weighted by molar-refractivity contribution is -0.134. The van der Waals surface area contributed by atoms with E-state index in [-0.39, 0.29) is 30.0 Å². The van der Waals surface area contributed by atoms with E-state index in [1.54, 1.807) is 24.3 Å². The first-order valence-corrected chi connectivity index (χ1v) is 8.45. The third kappa shape index (κ3) is 3.27. The molecule has 3 rings (SSSR count). The highest BCUT2D eigenvalue weighted by Gasteiger charge is 2.25. The van der Waals surface area contributed by atoms with Crippen LogP contribution in [-0.4, -0.2) is 33.7 Å². The molecule has 0 unspecified atom stereocenters. The van der Waals surface area contributed by atoms with Crippen LogP contribution in [0.2, 0.25) is 0 Å². The summed E-state index contributed by atoms with van der Waals surface area (Å²) >= 11 is 0. The maximum atomic E-state index is 12.4. The minimum Gasteiger partial charge on any atom is -0.342 e. The van der Waals surface area contributed by atoms with Crippen molar-refractivity contribution in [2.24, 2.45) is 11.8 Å². The van der Waals surface area contributed by atoms with Crippen LogP contribution < -0.4 is 11.1 Å². The van der Waals surface area contributed by atoms with Crippen molar-refractivity contribution in [2.45, 2.75) is 33.2 Å². The molecule has 1 aromatic carbocycles. The van der Waals surface area contributed by atoms with E-state index in [1.807, 2.05) is 4.90 Å². The largest absolute Gasteiger partial charge is 0.342 e. The third-order valence-electron chi connectivity index (χ3n) is 4.65. The summed E-state index contributed by atoms with van der Waals surface area (Å²) in [6, 6.07) is 6.72. The number of nitrogens with zero attached hydrogens (tertiary/aromatic N) is 2. The topological polar surface area (TPSA) is 75.2 Å². The monoisotopic (exact) mass is 329 g/mol. The number of H-pyrrole nitrogens is 1. The van der Waals surface area contributed by atoms with Gasteiger partial charge in [-0.1, -0.05) is 26.0 Å². The lowest BCUT2D eigenvalue weighted by Gasteiger charge is -2.35. The molecule has 0 bridgehead atoms. The van der Waals surface area contributed by atoms with Crippen molar-refractivity contribution >= 4 is 16.7 Å². The molecular formula is C18H23N3O3. The molecule has 1 saturated heterocycles. The number of aromatic nitrogens is 2. The van der Waals surface area contributed by atoms with Crippen LogP contribution in [0.15, 0.2) is 33.9 Å². The average molecular weight is 329 g/mol. The molecule has 1 N–H and O–H groups in total. The Labute approximate surface area is 140 Å². The zero-order chi connectivity index (χ0) is 17.3. The molecule has 6 heteroatoms. The number of nitrogens with one attached hydrogen (secondary N) is 1. The molecule has 1 fully saturated rings. The standard InChI is InChI=1S/C18H23N3O3/c1-12-9-13(2)11-20(10-12)16(22)7-8-21-18(24)15-6-4-3-5-14(15)17(23)19-21/h3-6,12-13H,7-11H2,1-2H3,(H,19,23)/t12-,13-/m1/s1. The van der Waals surface area contributed by atoms with Gasteiger partial charge in [-0.15, -0.1) is 0 Å². The number of amides is 1. The number of hydrogen-bond acceptors (Lipinski definition) is 3. The predicted molar refractivity (Wildman–Crippen MR) is 93.0 cm³/mol. The number of carbonyl (C=O) groups is 1. The number of rotatable bonds is 3. The highest BCUT2D eigenvalue weighted by Crippen LogP contribution is 2.21. The molecule has 0 saturated carbocycles. The van der Waals surface area contributed by atoms with Crippen molar-refractivity contribution < 1.29 is 4.79 Å². The summed E-state index contributed by atoms with van der Waals surface area (Å²) in [5.41, 5.74) is -0.573. The molecule has 1 amide bonds. The maximum Gasteiger partial charge on any atom is 0.273 e. The molecule has 6 nitrogen and oxygen atoms in total. The summed E-state index contributed by atoms with van der Waals surface area (Å²) in [5, 5.41) is 3.33. The molecule has 0 spiro atoms. The van der Waals surface area contributed by atoms with Crippen molar-refractivity contribution in [1.29, 1.82) is 0 Å². The molecule has 2 heterocycles. The van der Waals surface area contributed by atoms with Gasteiger partial charge in [-0.2, -0.15) is 0 Å². The Morgan fingerprint density at radius 3 is 2.42 bits per heavy atom. The Kier molecular flexibility index (Phi) is 4.55. The zero-order valence-corrected chi connectivity index (χ0v) is 14.1. The molecule has 24 heavy (non-hydrogen) atoms. The quantitative estimate of drug-likeness (QED) is 0.929. The summed E-state index contributed by atoms with van der Waals surface area (Å²) in [6.07, 6.45) is 1.36. The second-order valence-corrected chi connectivity index (χ2v) is 6.94. The second-order valence-electron chi connectivity index (χ2n) is 6.94. The number of carbonyl (C=O) groups excluding carboxylic acids is 1. The number of benzene rings is 1. The van der Waals surface area contributed by atoms with Crippen molar-refractivity contribution in [2.75, 3.05) is 13.1 Å². The van der Waals surface area contributed by atoms with Crippen LogP contribution in [0.1, 0.15) is 26.7 Å². The maximum absolute atomic E-state index is 12.4. The van der Waals surface area contributed by atoms with Crippen LogP contribution in [0, 0.1) is 11.8 Å². The first kappa shape index (κ1) is 16.5. The number of piperidine rings is 1. The van der Waals surface area contributed by atoms with Gasteiger partial charge in [0.1, 0.15) is 0 Å². The molecule has 128 valence electrons. The molecule has 0 aliphatic carbocycles. The van der Waals surface area contributed by atoms with E-state index in [9.17, 15) is 14.4 Å². The summed E-state index contributed by atoms with van der Waals surface area (Å²) in [4.78, 5) is 38.8. The smallest absolute Gasteiger partial charge is 0.273 e. The van der Waals surface area contributed by atoms with Crippen LogP contribution in [0.4, 0.5) is 0 Å². The number of likely N-dealkylation sites (tertiary alicyclic amines) is 1. The molecule has 1 aliphatic rings. The van der Waals surface area contributed by atoms with Gasteiger partial charge < -0.3 is 4.90 Å². The van der Waals surface area contributed by atoms with Crippen molar-refractivity contribution in [3.05, 3.63) is 45.0 Å². The van der Waals surface area contributed by atoms with Crippen LogP contribution in [0.25, 0.3) is 10.8 Å². The van der Waals surface area contributed by atoms with Crippen LogP contribution >= 0.6 is 0 Å². The van der Waals surface area contributed by atoms with Crippen LogP contribution in [-0.2, 0) is 11.3 Å². The van der Waals surface area contributed by atoms with E-state index in [2.05, 4.69) is 18.9 Å². The SMILES string of the molecule is C[C@@H]1C[C@@H](C)CN(C(=O)CCn2[nH]c(=O)c3ccccc3c2=O)C1.